The van der Waals surface area contributed by atoms with Crippen LogP contribution < -0.4 is 5.32 Å². The van der Waals surface area contributed by atoms with Crippen LogP contribution in [-0.2, 0) is 17.2 Å². The van der Waals surface area contributed by atoms with Crippen LogP contribution in [0.25, 0.3) is 0 Å². The van der Waals surface area contributed by atoms with Gasteiger partial charge in [-0.1, -0.05) is 6.92 Å². The highest BCUT2D eigenvalue weighted by atomic mass is 32.2. The molecule has 0 aliphatic heterocycles. The predicted molar refractivity (Wildman–Crippen MR) is 71.6 cm³/mol. The van der Waals surface area contributed by atoms with Gasteiger partial charge < -0.3 is 5.32 Å². The molecule has 1 aromatic heterocycles. The Bertz CT molecular complexity index is 363. The highest BCUT2D eigenvalue weighted by Crippen LogP contribution is 2.24. The zero-order valence-corrected chi connectivity index (χ0v) is 12.0. The number of nitrogens with one attached hydrogen (secondary N) is 1. The number of nitrogens with zero attached hydrogens (tertiary/aromatic N) is 1. The maximum absolute atomic E-state index is 10.9. The summed E-state index contributed by atoms with van der Waals surface area (Å²) in [6.07, 6.45) is 2.73. The summed E-state index contributed by atoms with van der Waals surface area (Å²) >= 11 is 1.78. The molecule has 0 amide bonds. The van der Waals surface area contributed by atoms with Gasteiger partial charge in [0.05, 0.1) is 10.7 Å². The summed E-state index contributed by atoms with van der Waals surface area (Å²) < 4.78 is 10.9. The average Bonchev–Trinajstić information content (AvgIpc) is 2.59. The van der Waals surface area contributed by atoms with Crippen LogP contribution in [0.3, 0.4) is 0 Å². The van der Waals surface area contributed by atoms with Gasteiger partial charge in [0.15, 0.2) is 0 Å². The fourth-order valence-electron chi connectivity index (χ4n) is 1.53. The maximum atomic E-state index is 10.9. The Labute approximate surface area is 104 Å². The van der Waals surface area contributed by atoms with E-state index in [2.05, 4.69) is 31.1 Å². The first-order valence-corrected chi connectivity index (χ1v) is 8.08. The van der Waals surface area contributed by atoms with Crippen molar-refractivity contribution in [1.82, 2.24) is 10.3 Å². The quantitative estimate of drug-likeness (QED) is 0.851. The van der Waals surface area contributed by atoms with Crippen LogP contribution in [0.2, 0.25) is 0 Å². The molecule has 5 heteroatoms. The Kier molecular flexibility index (Phi) is 5.58. The molecule has 0 fully saturated rings. The van der Waals surface area contributed by atoms with Gasteiger partial charge in [0.1, 0.15) is 0 Å². The first-order chi connectivity index (χ1) is 7.54. The lowest BCUT2D eigenvalue weighted by atomic mass is 10.2. The second-order valence-corrected chi connectivity index (χ2v) is 6.53. The van der Waals surface area contributed by atoms with Gasteiger partial charge in [-0.2, -0.15) is 0 Å². The number of hydrogen-bond acceptors (Lipinski definition) is 4. The molecule has 2 unspecified atom stereocenters. The molecule has 1 rings (SSSR count). The minimum Gasteiger partial charge on any atom is -0.308 e. The third-order valence-corrected chi connectivity index (χ3v) is 4.68. The lowest BCUT2D eigenvalue weighted by Gasteiger charge is -2.11. The summed E-state index contributed by atoms with van der Waals surface area (Å²) in [7, 11) is -0.715. The molecule has 92 valence electrons. The van der Waals surface area contributed by atoms with Gasteiger partial charge in [0.25, 0.3) is 0 Å². The number of aromatic nitrogens is 1. The smallest absolute Gasteiger partial charge is 0.0928 e. The van der Waals surface area contributed by atoms with Crippen molar-refractivity contribution < 1.29 is 4.21 Å². The van der Waals surface area contributed by atoms with Crippen LogP contribution in [0, 0.1) is 6.92 Å². The summed E-state index contributed by atoms with van der Waals surface area (Å²) in [5, 5.41) is 4.58. The predicted octanol–water partition coefficient (Wildman–Crippen LogP) is 2.04. The van der Waals surface area contributed by atoms with Gasteiger partial charge in [-0.05, 0) is 20.3 Å². The van der Waals surface area contributed by atoms with Crippen LogP contribution in [0.5, 0.6) is 0 Å². The van der Waals surface area contributed by atoms with Crippen LogP contribution in [0.15, 0.2) is 0 Å². The second kappa shape index (κ2) is 6.47. The molecule has 0 radical (unpaired) electrons. The molecule has 0 saturated heterocycles. The van der Waals surface area contributed by atoms with Crippen molar-refractivity contribution in [3.05, 3.63) is 15.6 Å². The minimum absolute atomic E-state index is 0.307. The molecule has 0 spiro atoms. The van der Waals surface area contributed by atoms with E-state index in [4.69, 9.17) is 0 Å². The van der Waals surface area contributed by atoms with Crippen LogP contribution in [-0.4, -0.2) is 27.7 Å². The van der Waals surface area contributed by atoms with Crippen LogP contribution in [0.1, 0.15) is 35.5 Å². The molecular formula is C11H20N2OS2. The number of thiazole rings is 1. The highest BCUT2D eigenvalue weighted by Gasteiger charge is 2.12. The van der Waals surface area contributed by atoms with Crippen molar-refractivity contribution >= 4 is 22.1 Å². The van der Waals surface area contributed by atoms with Gasteiger partial charge >= 0.3 is 0 Å². The van der Waals surface area contributed by atoms with Crippen LogP contribution in [0.4, 0.5) is 0 Å². The van der Waals surface area contributed by atoms with E-state index in [1.807, 2.05) is 0 Å². The molecule has 2 atom stereocenters. The summed E-state index contributed by atoms with van der Waals surface area (Å²) in [5.74, 6) is 0.711. The minimum atomic E-state index is -0.715. The Morgan fingerprint density at radius 2 is 2.25 bits per heavy atom. The molecule has 16 heavy (non-hydrogen) atoms. The Morgan fingerprint density at radius 1 is 1.56 bits per heavy atom. The van der Waals surface area contributed by atoms with E-state index < -0.39 is 10.8 Å². The lowest BCUT2D eigenvalue weighted by Crippen LogP contribution is -2.23. The second-order valence-electron chi connectivity index (χ2n) is 3.86. The molecule has 0 saturated carbocycles. The third kappa shape index (κ3) is 3.96. The SMILES string of the molecule is CCc1nc(C)c(C(C)NCCS(C)=O)s1. The standard InChI is InChI=1S/C11H20N2OS2/c1-5-10-13-9(3)11(15-10)8(2)12-6-7-16(4)14/h8,12H,5-7H2,1-4H3. The van der Waals surface area contributed by atoms with Crippen molar-refractivity contribution in [3.63, 3.8) is 0 Å². The number of aryl methyl sites for hydroxylation is 2. The molecule has 1 N–H and O–H groups in total. The fraction of sp³-hybridized carbons (Fsp3) is 0.727. The van der Waals surface area contributed by atoms with Crippen molar-refractivity contribution in [2.24, 2.45) is 0 Å². The van der Waals surface area contributed by atoms with Gasteiger partial charge in [-0.15, -0.1) is 11.3 Å². The summed E-state index contributed by atoms with van der Waals surface area (Å²) in [6.45, 7) is 7.11. The van der Waals surface area contributed by atoms with Gasteiger partial charge in [0.2, 0.25) is 0 Å². The Hall–Kier alpha value is -0.260. The van der Waals surface area contributed by atoms with Gasteiger partial charge in [-0.25, -0.2) is 4.98 Å². The topological polar surface area (TPSA) is 42.0 Å². The van der Waals surface area contributed by atoms with E-state index in [9.17, 15) is 4.21 Å². The van der Waals surface area contributed by atoms with E-state index in [0.717, 1.165) is 18.7 Å². The average molecular weight is 260 g/mol. The first-order valence-electron chi connectivity index (χ1n) is 5.54. The Balaban J connectivity index is 2.54. The number of rotatable bonds is 6. The van der Waals surface area contributed by atoms with E-state index in [0.29, 0.717) is 11.8 Å². The summed E-state index contributed by atoms with van der Waals surface area (Å²) in [5.41, 5.74) is 1.12. The van der Waals surface area contributed by atoms with E-state index in [1.165, 1.54) is 9.88 Å². The van der Waals surface area contributed by atoms with E-state index in [1.54, 1.807) is 17.6 Å². The van der Waals surface area contributed by atoms with Gasteiger partial charge in [-0.3, -0.25) is 4.21 Å². The highest BCUT2D eigenvalue weighted by molar-refractivity contribution is 7.84. The largest absolute Gasteiger partial charge is 0.308 e. The molecule has 1 aromatic rings. The van der Waals surface area contributed by atoms with Crippen molar-refractivity contribution in [2.45, 2.75) is 33.2 Å². The van der Waals surface area contributed by atoms with Crippen molar-refractivity contribution in [2.75, 3.05) is 18.6 Å². The molecule has 0 bridgehead atoms. The zero-order valence-electron chi connectivity index (χ0n) is 10.4. The Morgan fingerprint density at radius 3 is 2.75 bits per heavy atom. The summed E-state index contributed by atoms with van der Waals surface area (Å²) in [4.78, 5) is 5.82. The molecular weight excluding hydrogens is 240 g/mol. The molecule has 0 aliphatic rings. The van der Waals surface area contributed by atoms with Crippen molar-refractivity contribution in [3.8, 4) is 0 Å². The summed E-state index contributed by atoms with van der Waals surface area (Å²) in [6, 6.07) is 0.307. The zero-order chi connectivity index (χ0) is 12.1. The molecule has 0 aliphatic carbocycles. The third-order valence-electron chi connectivity index (χ3n) is 2.41. The maximum Gasteiger partial charge on any atom is 0.0928 e. The number of hydrogen-bond donors (Lipinski definition) is 1. The monoisotopic (exact) mass is 260 g/mol. The van der Waals surface area contributed by atoms with Crippen molar-refractivity contribution in [1.29, 1.82) is 0 Å². The fourth-order valence-corrected chi connectivity index (χ4v) is 2.97. The molecule has 3 nitrogen and oxygen atoms in total. The van der Waals surface area contributed by atoms with E-state index in [-0.39, 0.29) is 0 Å². The lowest BCUT2D eigenvalue weighted by molar-refractivity contribution is 0.602. The molecule has 1 heterocycles. The first kappa shape index (κ1) is 13.8. The van der Waals surface area contributed by atoms with E-state index >= 15 is 0 Å². The molecule has 0 aromatic carbocycles. The van der Waals surface area contributed by atoms with Gasteiger partial charge in [0, 0.05) is 40.3 Å². The van der Waals surface area contributed by atoms with Crippen LogP contribution >= 0.6 is 11.3 Å². The normalized spacial score (nSPS) is 15.0.